The molecule has 174 valence electrons. The average Bonchev–Trinajstić information content (AvgIpc) is 3.40. The normalized spacial score (nSPS) is 36.7. The summed E-state index contributed by atoms with van der Waals surface area (Å²) in [5, 5.41) is 6.80. The van der Waals surface area contributed by atoms with Crippen molar-refractivity contribution in [3.05, 3.63) is 12.2 Å². The van der Waals surface area contributed by atoms with E-state index in [0.717, 1.165) is 24.8 Å². The summed E-state index contributed by atoms with van der Waals surface area (Å²) in [6, 6.07) is 0. The van der Waals surface area contributed by atoms with Crippen LogP contribution in [0.4, 0.5) is 0 Å². The Kier molecular flexibility index (Phi) is 7.71. The van der Waals surface area contributed by atoms with Crippen LogP contribution in [0.2, 0.25) is 0 Å². The molecule has 1 aliphatic heterocycles. The first-order valence-electron chi connectivity index (χ1n) is 11.5. The molecule has 4 aliphatic rings. The van der Waals surface area contributed by atoms with Crippen molar-refractivity contribution in [3.63, 3.8) is 0 Å². The molecule has 0 aromatic rings. The molecule has 2 amide bonds. The van der Waals surface area contributed by atoms with E-state index in [1.54, 1.807) is 7.05 Å². The van der Waals surface area contributed by atoms with Gasteiger partial charge in [0.05, 0.1) is 11.8 Å². The zero-order valence-electron chi connectivity index (χ0n) is 19.3. The number of nitrogens with zero attached hydrogens (tertiary/aromatic N) is 3. The Morgan fingerprint density at radius 1 is 1.19 bits per heavy atom. The maximum absolute atomic E-state index is 12.8. The average molecular weight is 543 g/mol. The van der Waals surface area contributed by atoms with Gasteiger partial charge in [0.15, 0.2) is 5.96 Å². The Morgan fingerprint density at radius 2 is 1.84 bits per heavy atom. The van der Waals surface area contributed by atoms with Crippen LogP contribution in [0.15, 0.2) is 17.1 Å². The minimum Gasteiger partial charge on any atom is -0.355 e. The molecule has 2 saturated carbocycles. The Bertz CT molecular complexity index is 724. The number of hydrogen-bond acceptors (Lipinski definition) is 4. The summed E-state index contributed by atoms with van der Waals surface area (Å²) in [6.45, 7) is 4.10. The predicted molar refractivity (Wildman–Crippen MR) is 133 cm³/mol. The molecule has 0 aromatic carbocycles. The number of guanidine groups is 1. The van der Waals surface area contributed by atoms with E-state index in [1.807, 2.05) is 0 Å². The second-order valence-electron chi connectivity index (χ2n) is 10.0. The molecule has 2 bridgehead atoms. The van der Waals surface area contributed by atoms with Gasteiger partial charge in [0.2, 0.25) is 11.8 Å². The second-order valence-corrected chi connectivity index (χ2v) is 10.0. The molecule has 8 heteroatoms. The van der Waals surface area contributed by atoms with Crippen molar-refractivity contribution < 1.29 is 9.59 Å². The van der Waals surface area contributed by atoms with E-state index < -0.39 is 0 Å². The lowest BCUT2D eigenvalue weighted by atomic mass is 9.75. The summed E-state index contributed by atoms with van der Waals surface area (Å²) in [5.74, 6) is 1.82. The highest BCUT2D eigenvalue weighted by Crippen LogP contribution is 2.52. The summed E-state index contributed by atoms with van der Waals surface area (Å²) >= 11 is 0. The highest BCUT2D eigenvalue weighted by molar-refractivity contribution is 14.0. The molecule has 31 heavy (non-hydrogen) atoms. The number of hydrogen-bond donors (Lipinski definition) is 2. The molecule has 1 heterocycles. The zero-order chi connectivity index (χ0) is 21.5. The number of carbonyl (C=O) groups excluding carboxylic acids is 2. The third kappa shape index (κ3) is 4.51. The topological polar surface area (TPSA) is 77.0 Å². The first kappa shape index (κ1) is 24.5. The SMILES string of the molecule is CN=C(NCCN1C(=O)C2C3C=CC(C3)C2C1=O)NCC1(N(C)C)CCCC(C)C1.I. The molecular weight excluding hydrogens is 505 g/mol. The number of nitrogens with one attached hydrogen (secondary N) is 2. The minimum atomic E-state index is -0.113. The van der Waals surface area contributed by atoms with Gasteiger partial charge in [-0.2, -0.15) is 0 Å². The first-order chi connectivity index (χ1) is 14.4. The van der Waals surface area contributed by atoms with E-state index in [4.69, 9.17) is 0 Å². The predicted octanol–water partition coefficient (Wildman–Crippen LogP) is 2.09. The van der Waals surface area contributed by atoms with Crippen molar-refractivity contribution in [1.29, 1.82) is 0 Å². The van der Waals surface area contributed by atoms with Crippen molar-refractivity contribution in [2.24, 2.45) is 34.6 Å². The number of allylic oxidation sites excluding steroid dienone is 2. The highest BCUT2D eigenvalue weighted by atomic mass is 127. The van der Waals surface area contributed by atoms with Crippen LogP contribution in [0.5, 0.6) is 0 Å². The summed E-state index contributed by atoms with van der Waals surface area (Å²) < 4.78 is 0. The first-order valence-corrected chi connectivity index (χ1v) is 11.5. The van der Waals surface area contributed by atoms with Gasteiger partial charge in [-0.15, -0.1) is 24.0 Å². The van der Waals surface area contributed by atoms with Gasteiger partial charge in [0.25, 0.3) is 0 Å². The van der Waals surface area contributed by atoms with Gasteiger partial charge in [0.1, 0.15) is 0 Å². The maximum Gasteiger partial charge on any atom is 0.233 e. The lowest BCUT2D eigenvalue weighted by molar-refractivity contribution is -0.140. The number of likely N-dealkylation sites (N-methyl/N-ethyl adjacent to an activating group) is 1. The number of carbonyl (C=O) groups is 2. The van der Waals surface area contributed by atoms with Crippen LogP contribution in [-0.2, 0) is 9.59 Å². The van der Waals surface area contributed by atoms with Crippen LogP contribution in [-0.4, -0.2) is 73.9 Å². The molecule has 3 fully saturated rings. The van der Waals surface area contributed by atoms with E-state index in [2.05, 4.69) is 53.7 Å². The van der Waals surface area contributed by atoms with Crippen LogP contribution < -0.4 is 10.6 Å². The fraction of sp³-hybridized carbons (Fsp3) is 0.783. The molecule has 3 aliphatic carbocycles. The van der Waals surface area contributed by atoms with Gasteiger partial charge in [-0.3, -0.25) is 19.5 Å². The van der Waals surface area contributed by atoms with E-state index in [0.29, 0.717) is 13.1 Å². The van der Waals surface area contributed by atoms with E-state index in [9.17, 15) is 9.59 Å². The van der Waals surface area contributed by atoms with Gasteiger partial charge < -0.3 is 15.5 Å². The molecular formula is C23H38IN5O2. The van der Waals surface area contributed by atoms with Gasteiger partial charge >= 0.3 is 0 Å². The second kappa shape index (κ2) is 9.77. The molecule has 0 radical (unpaired) electrons. The summed E-state index contributed by atoms with van der Waals surface area (Å²) in [6.07, 6.45) is 10.2. The van der Waals surface area contributed by atoms with Crippen molar-refractivity contribution in [2.75, 3.05) is 40.8 Å². The smallest absolute Gasteiger partial charge is 0.233 e. The van der Waals surface area contributed by atoms with Crippen molar-refractivity contribution in [3.8, 4) is 0 Å². The van der Waals surface area contributed by atoms with Crippen LogP contribution in [0.25, 0.3) is 0 Å². The van der Waals surface area contributed by atoms with E-state index in [1.165, 1.54) is 30.6 Å². The summed E-state index contributed by atoms with van der Waals surface area (Å²) in [7, 11) is 6.10. The zero-order valence-corrected chi connectivity index (χ0v) is 21.6. The fourth-order valence-electron chi connectivity index (χ4n) is 6.30. The lowest BCUT2D eigenvalue weighted by Gasteiger charge is -2.45. The molecule has 7 nitrogen and oxygen atoms in total. The largest absolute Gasteiger partial charge is 0.355 e. The molecule has 6 atom stereocenters. The standard InChI is InChI=1S/C23H37N5O2.HI/c1-15-6-5-9-23(13-15,27(3)4)14-26-22(24-2)25-10-11-28-20(29)18-16-7-8-17(12-16)19(18)21(28)30;/h7-8,15-19H,5-6,9-14H2,1-4H3,(H2,24,25,26);1H. The molecule has 4 rings (SSSR count). The third-order valence-electron chi connectivity index (χ3n) is 8.01. The van der Waals surface area contributed by atoms with Crippen molar-refractivity contribution in [2.45, 2.75) is 44.6 Å². The number of aliphatic imine (C=N–C) groups is 1. The number of rotatable bonds is 6. The highest BCUT2D eigenvalue weighted by Gasteiger charge is 2.58. The van der Waals surface area contributed by atoms with Crippen LogP contribution >= 0.6 is 24.0 Å². The monoisotopic (exact) mass is 543 g/mol. The molecule has 1 saturated heterocycles. The number of fused-ring (bicyclic) bond motifs is 5. The van der Waals surface area contributed by atoms with Gasteiger partial charge in [-0.05, 0) is 51.1 Å². The molecule has 0 aromatic heterocycles. The fourth-order valence-corrected chi connectivity index (χ4v) is 6.30. The molecule has 2 N–H and O–H groups in total. The van der Waals surface area contributed by atoms with Gasteiger partial charge in [-0.25, -0.2) is 0 Å². The van der Waals surface area contributed by atoms with Crippen LogP contribution in [0.3, 0.4) is 0 Å². The van der Waals surface area contributed by atoms with Gasteiger partial charge in [0, 0.05) is 32.2 Å². The number of halogens is 1. The quantitative estimate of drug-likeness (QED) is 0.177. The van der Waals surface area contributed by atoms with E-state index in [-0.39, 0.29) is 65.0 Å². The van der Waals surface area contributed by atoms with Crippen molar-refractivity contribution in [1.82, 2.24) is 20.4 Å². The Morgan fingerprint density at radius 3 is 2.39 bits per heavy atom. The Hall–Kier alpha value is -1.16. The number of imide groups is 1. The molecule has 6 unspecified atom stereocenters. The minimum absolute atomic E-state index is 0. The van der Waals surface area contributed by atoms with Gasteiger partial charge in [-0.1, -0.05) is 31.9 Å². The third-order valence-corrected chi connectivity index (χ3v) is 8.01. The van der Waals surface area contributed by atoms with Crippen molar-refractivity contribution >= 4 is 41.8 Å². The van der Waals surface area contributed by atoms with E-state index >= 15 is 0 Å². The maximum atomic E-state index is 12.8. The van der Waals surface area contributed by atoms with Crippen LogP contribution in [0, 0.1) is 29.6 Å². The summed E-state index contributed by atoms with van der Waals surface area (Å²) in [4.78, 5) is 33.8. The Balaban J connectivity index is 0.00000272. The number of amides is 2. The summed E-state index contributed by atoms with van der Waals surface area (Å²) in [5.41, 5.74) is 0.139. The number of likely N-dealkylation sites (tertiary alicyclic amines) is 1. The lowest BCUT2D eigenvalue weighted by Crippen LogP contribution is -2.56. The molecule has 0 spiro atoms. The Labute approximate surface area is 203 Å². The van der Waals surface area contributed by atoms with Crippen LogP contribution in [0.1, 0.15) is 39.0 Å².